The highest BCUT2D eigenvalue weighted by Gasteiger charge is 2.18. The lowest BCUT2D eigenvalue weighted by molar-refractivity contribution is -0.142. The zero-order valence-corrected chi connectivity index (χ0v) is 12.1. The summed E-state index contributed by atoms with van der Waals surface area (Å²) in [7, 11) is -3.73. The Balaban J connectivity index is 2.05. The summed E-state index contributed by atoms with van der Waals surface area (Å²) in [6, 6.07) is 0. The molecule has 0 amide bonds. The van der Waals surface area contributed by atoms with Gasteiger partial charge in [0, 0.05) is 5.38 Å². The van der Waals surface area contributed by atoms with E-state index in [0.29, 0.717) is 12.3 Å². The first kappa shape index (κ1) is 14.5. The van der Waals surface area contributed by atoms with Crippen LogP contribution in [-0.4, -0.2) is 35.9 Å². The van der Waals surface area contributed by atoms with Gasteiger partial charge in [0.15, 0.2) is 10.2 Å². The number of thiazole rings is 1. The molecule has 0 radical (unpaired) electrons. The van der Waals surface area contributed by atoms with Crippen molar-refractivity contribution in [1.82, 2.24) is 15.0 Å². The second-order valence-electron chi connectivity index (χ2n) is 3.65. The summed E-state index contributed by atoms with van der Waals surface area (Å²) in [6.45, 7) is 2.01. The van der Waals surface area contributed by atoms with E-state index in [1.54, 1.807) is 12.3 Å². The van der Waals surface area contributed by atoms with Gasteiger partial charge in [-0.05, 0) is 6.92 Å². The number of hydrogen-bond acceptors (Lipinski definition) is 7. The Hall–Kier alpha value is -1.94. The molecule has 8 nitrogen and oxygen atoms in total. The zero-order chi connectivity index (χ0) is 14.6. The molecule has 2 aromatic rings. The number of ether oxygens (including phenoxy) is 1. The number of carbonyl (C=O) groups is 1. The van der Waals surface area contributed by atoms with Crippen molar-refractivity contribution in [2.45, 2.75) is 18.4 Å². The summed E-state index contributed by atoms with van der Waals surface area (Å²) >= 11 is 1.09. The van der Waals surface area contributed by atoms with Gasteiger partial charge < -0.3 is 9.72 Å². The van der Waals surface area contributed by atoms with E-state index in [1.807, 2.05) is 0 Å². The molecule has 0 aliphatic heterocycles. The van der Waals surface area contributed by atoms with Gasteiger partial charge in [0.1, 0.15) is 0 Å². The van der Waals surface area contributed by atoms with Crippen molar-refractivity contribution in [1.29, 1.82) is 0 Å². The number of imidazole rings is 1. The molecule has 0 bridgehead atoms. The van der Waals surface area contributed by atoms with E-state index in [-0.39, 0.29) is 16.6 Å². The van der Waals surface area contributed by atoms with E-state index in [2.05, 4.69) is 19.7 Å². The van der Waals surface area contributed by atoms with Gasteiger partial charge >= 0.3 is 5.97 Å². The third-order valence-corrected chi connectivity index (χ3v) is 4.37. The second-order valence-corrected chi connectivity index (χ2v) is 6.16. The van der Waals surface area contributed by atoms with Gasteiger partial charge in [-0.15, -0.1) is 11.3 Å². The number of sulfonamides is 1. The van der Waals surface area contributed by atoms with Gasteiger partial charge in [-0.2, -0.15) is 8.42 Å². The van der Waals surface area contributed by atoms with Crippen molar-refractivity contribution in [3.05, 3.63) is 23.6 Å². The van der Waals surface area contributed by atoms with Gasteiger partial charge in [-0.1, -0.05) is 0 Å². The molecule has 2 rings (SSSR count). The highest BCUT2D eigenvalue weighted by Crippen LogP contribution is 2.19. The van der Waals surface area contributed by atoms with Crippen LogP contribution in [0.4, 0.5) is 5.13 Å². The summed E-state index contributed by atoms with van der Waals surface area (Å²) in [4.78, 5) is 21.4. The van der Waals surface area contributed by atoms with Crippen LogP contribution in [0.25, 0.3) is 0 Å². The molecule has 10 heteroatoms. The van der Waals surface area contributed by atoms with Crippen molar-refractivity contribution in [2.75, 3.05) is 11.3 Å². The number of rotatable bonds is 6. The van der Waals surface area contributed by atoms with E-state index >= 15 is 0 Å². The maximum Gasteiger partial charge on any atom is 0.311 e. The Morgan fingerprint density at radius 3 is 3.00 bits per heavy atom. The van der Waals surface area contributed by atoms with Crippen molar-refractivity contribution < 1.29 is 17.9 Å². The number of esters is 1. The van der Waals surface area contributed by atoms with Crippen LogP contribution in [0.5, 0.6) is 0 Å². The summed E-state index contributed by atoms with van der Waals surface area (Å²) < 4.78 is 30.9. The molecule has 0 aromatic carbocycles. The predicted octanol–water partition coefficient (Wildman–Crippen LogP) is 0.773. The van der Waals surface area contributed by atoms with Crippen molar-refractivity contribution >= 4 is 32.5 Å². The average Bonchev–Trinajstić information content (AvgIpc) is 3.00. The molecule has 0 atom stereocenters. The third-order valence-electron chi connectivity index (χ3n) is 2.17. The molecule has 0 unspecified atom stereocenters. The first-order valence-electron chi connectivity index (χ1n) is 5.62. The minimum Gasteiger partial charge on any atom is -0.466 e. The molecule has 2 N–H and O–H groups in total. The molecule has 0 spiro atoms. The summed E-state index contributed by atoms with van der Waals surface area (Å²) in [5, 5.41) is 1.72. The molecule has 0 aliphatic rings. The van der Waals surface area contributed by atoms with Crippen LogP contribution < -0.4 is 4.72 Å². The number of aromatic nitrogens is 3. The molecule has 0 saturated heterocycles. The number of aromatic amines is 1. The van der Waals surface area contributed by atoms with E-state index in [9.17, 15) is 13.2 Å². The van der Waals surface area contributed by atoms with Crippen LogP contribution in [0.15, 0.2) is 22.9 Å². The lowest BCUT2D eigenvalue weighted by atomic mass is 10.3. The predicted molar refractivity (Wildman–Crippen MR) is 71.8 cm³/mol. The summed E-state index contributed by atoms with van der Waals surface area (Å²) in [5.41, 5.74) is 0.454. The van der Waals surface area contributed by atoms with Crippen molar-refractivity contribution in [3.63, 3.8) is 0 Å². The number of hydrogen-bond donors (Lipinski definition) is 2. The molecular weight excluding hydrogens is 304 g/mol. The Morgan fingerprint density at radius 1 is 1.55 bits per heavy atom. The largest absolute Gasteiger partial charge is 0.466 e. The number of H-pyrrole nitrogens is 1. The lowest BCUT2D eigenvalue weighted by Crippen LogP contribution is -2.13. The van der Waals surface area contributed by atoms with Gasteiger partial charge in [-0.25, -0.2) is 9.97 Å². The number of carbonyl (C=O) groups excluding carboxylic acids is 1. The Bertz CT molecular complexity index is 678. The van der Waals surface area contributed by atoms with Crippen molar-refractivity contribution in [3.8, 4) is 0 Å². The van der Waals surface area contributed by atoms with Crippen LogP contribution in [0, 0.1) is 0 Å². The van der Waals surface area contributed by atoms with Gasteiger partial charge in [0.05, 0.1) is 31.2 Å². The minimum absolute atomic E-state index is 0.0100. The van der Waals surface area contributed by atoms with Crippen LogP contribution in [0.2, 0.25) is 0 Å². The third kappa shape index (κ3) is 3.54. The maximum absolute atomic E-state index is 11.9. The molecule has 0 fully saturated rings. The van der Waals surface area contributed by atoms with E-state index in [1.165, 1.54) is 12.5 Å². The number of nitrogens with zero attached hydrogens (tertiary/aromatic N) is 2. The topological polar surface area (TPSA) is 114 Å². The molecule has 0 saturated carbocycles. The minimum atomic E-state index is -3.73. The summed E-state index contributed by atoms with van der Waals surface area (Å²) in [6.07, 6.45) is 2.47. The number of anilines is 1. The fraction of sp³-hybridized carbons (Fsp3) is 0.300. The Kier molecular flexibility index (Phi) is 4.35. The van der Waals surface area contributed by atoms with E-state index in [4.69, 9.17) is 4.74 Å². The fourth-order valence-electron chi connectivity index (χ4n) is 1.35. The SMILES string of the molecule is CCOC(=O)Cc1csc(NS(=O)(=O)c2cnc[nH]2)n1. The maximum atomic E-state index is 11.9. The first-order chi connectivity index (χ1) is 9.51. The molecule has 2 aromatic heterocycles. The van der Waals surface area contributed by atoms with Crippen molar-refractivity contribution in [2.24, 2.45) is 0 Å². The molecule has 20 heavy (non-hydrogen) atoms. The highest BCUT2D eigenvalue weighted by molar-refractivity contribution is 7.92. The smallest absolute Gasteiger partial charge is 0.311 e. The molecular formula is C10H12N4O4S2. The molecule has 108 valence electrons. The van der Waals surface area contributed by atoms with E-state index in [0.717, 1.165) is 11.3 Å². The van der Waals surface area contributed by atoms with Crippen LogP contribution in [0.1, 0.15) is 12.6 Å². The Labute approximate surface area is 119 Å². The normalized spacial score (nSPS) is 11.2. The standard InChI is InChI=1S/C10H12N4O4S2/c1-2-18-9(15)3-7-5-19-10(13-7)14-20(16,17)8-4-11-6-12-8/h4-6H,2-3H2,1H3,(H,11,12)(H,13,14). The van der Waals surface area contributed by atoms with Gasteiger partial charge in [0.2, 0.25) is 0 Å². The summed E-state index contributed by atoms with van der Waals surface area (Å²) in [5.74, 6) is -0.402. The van der Waals surface area contributed by atoms with E-state index < -0.39 is 16.0 Å². The lowest BCUT2D eigenvalue weighted by Gasteiger charge is -2.01. The van der Waals surface area contributed by atoms with Gasteiger partial charge in [0.25, 0.3) is 10.0 Å². The molecule has 0 aliphatic carbocycles. The number of nitrogens with one attached hydrogen (secondary N) is 2. The van der Waals surface area contributed by atoms with Crippen LogP contribution in [-0.2, 0) is 26.0 Å². The molecule has 2 heterocycles. The van der Waals surface area contributed by atoms with Crippen LogP contribution in [0.3, 0.4) is 0 Å². The van der Waals surface area contributed by atoms with Crippen LogP contribution >= 0.6 is 11.3 Å². The first-order valence-corrected chi connectivity index (χ1v) is 7.98. The quantitative estimate of drug-likeness (QED) is 0.761. The highest BCUT2D eigenvalue weighted by atomic mass is 32.2. The zero-order valence-electron chi connectivity index (χ0n) is 10.5. The average molecular weight is 316 g/mol. The second kappa shape index (κ2) is 6.01. The van der Waals surface area contributed by atoms with Gasteiger partial charge in [-0.3, -0.25) is 9.52 Å². The monoisotopic (exact) mass is 316 g/mol. The fourth-order valence-corrected chi connectivity index (χ4v) is 3.22. The Morgan fingerprint density at radius 2 is 2.35 bits per heavy atom.